The van der Waals surface area contributed by atoms with Gasteiger partial charge in [0.05, 0.1) is 11.7 Å². The highest BCUT2D eigenvalue weighted by Crippen LogP contribution is 2.15. The maximum Gasteiger partial charge on any atom is 0.220 e. The van der Waals surface area contributed by atoms with Crippen LogP contribution >= 0.6 is 11.6 Å². The molecule has 23 heavy (non-hydrogen) atoms. The third-order valence-corrected chi connectivity index (χ3v) is 4.07. The van der Waals surface area contributed by atoms with Gasteiger partial charge in [-0.05, 0) is 55.5 Å². The van der Waals surface area contributed by atoms with Crippen molar-refractivity contribution in [3.8, 4) is 0 Å². The van der Waals surface area contributed by atoms with Gasteiger partial charge < -0.3 is 5.32 Å². The topological polar surface area (TPSA) is 42.0 Å². The van der Waals surface area contributed by atoms with E-state index in [1.807, 2.05) is 49.5 Å². The standard InChI is InChI=1S/C19H23ClN2O/c1-3-17(18-12-7-14(2)13-21-18)22-19(23)6-4-5-15-8-10-16(20)11-9-15/h7-13,17H,3-6H2,1-2H3,(H,22,23). The lowest BCUT2D eigenvalue weighted by Gasteiger charge is -2.16. The number of hydrogen-bond donors (Lipinski definition) is 1. The van der Waals surface area contributed by atoms with Gasteiger partial charge in [0.1, 0.15) is 0 Å². The van der Waals surface area contributed by atoms with Crippen molar-refractivity contribution in [2.75, 3.05) is 0 Å². The van der Waals surface area contributed by atoms with Crippen molar-refractivity contribution >= 4 is 17.5 Å². The predicted octanol–water partition coefficient (Wildman–Crippen LogP) is 4.63. The third kappa shape index (κ3) is 5.68. The Morgan fingerprint density at radius 3 is 2.57 bits per heavy atom. The summed E-state index contributed by atoms with van der Waals surface area (Å²) in [5.41, 5.74) is 3.25. The molecule has 1 aromatic heterocycles. The second-order valence-corrected chi connectivity index (χ2v) is 6.21. The first-order valence-corrected chi connectivity index (χ1v) is 8.42. The first-order valence-electron chi connectivity index (χ1n) is 8.05. The highest BCUT2D eigenvalue weighted by Gasteiger charge is 2.13. The quantitative estimate of drug-likeness (QED) is 0.804. The van der Waals surface area contributed by atoms with Crippen LogP contribution in [0.15, 0.2) is 42.6 Å². The summed E-state index contributed by atoms with van der Waals surface area (Å²) in [7, 11) is 0. The molecule has 1 unspecified atom stereocenters. The maximum absolute atomic E-state index is 12.1. The zero-order chi connectivity index (χ0) is 16.7. The van der Waals surface area contributed by atoms with Crippen LogP contribution in [0.1, 0.15) is 49.0 Å². The molecule has 0 radical (unpaired) electrons. The molecule has 0 saturated heterocycles. The number of rotatable bonds is 7. The maximum atomic E-state index is 12.1. The smallest absolute Gasteiger partial charge is 0.220 e. The molecule has 0 bridgehead atoms. The van der Waals surface area contributed by atoms with Gasteiger partial charge in [0.15, 0.2) is 0 Å². The lowest BCUT2D eigenvalue weighted by atomic mass is 10.1. The molecular weight excluding hydrogens is 308 g/mol. The number of aryl methyl sites for hydroxylation is 2. The van der Waals surface area contributed by atoms with Crippen molar-refractivity contribution in [1.82, 2.24) is 10.3 Å². The molecule has 0 spiro atoms. The van der Waals surface area contributed by atoms with Gasteiger partial charge in [-0.25, -0.2) is 0 Å². The van der Waals surface area contributed by atoms with Crippen LogP contribution < -0.4 is 5.32 Å². The van der Waals surface area contributed by atoms with Crippen LogP contribution in [0.25, 0.3) is 0 Å². The molecule has 1 atom stereocenters. The Labute approximate surface area is 143 Å². The van der Waals surface area contributed by atoms with Gasteiger partial charge in [-0.15, -0.1) is 0 Å². The molecular formula is C19H23ClN2O. The van der Waals surface area contributed by atoms with E-state index in [9.17, 15) is 4.79 Å². The van der Waals surface area contributed by atoms with E-state index in [2.05, 4.69) is 17.2 Å². The lowest BCUT2D eigenvalue weighted by molar-refractivity contribution is -0.122. The lowest BCUT2D eigenvalue weighted by Crippen LogP contribution is -2.28. The average Bonchev–Trinajstić information content (AvgIpc) is 2.55. The molecule has 0 aliphatic carbocycles. The molecule has 0 fully saturated rings. The van der Waals surface area contributed by atoms with E-state index in [0.29, 0.717) is 6.42 Å². The molecule has 122 valence electrons. The number of nitrogens with zero attached hydrogens (tertiary/aromatic N) is 1. The molecule has 4 heteroatoms. The van der Waals surface area contributed by atoms with Crippen molar-refractivity contribution in [1.29, 1.82) is 0 Å². The van der Waals surface area contributed by atoms with Gasteiger partial charge in [0, 0.05) is 17.6 Å². The Morgan fingerprint density at radius 1 is 1.22 bits per heavy atom. The monoisotopic (exact) mass is 330 g/mol. The fraction of sp³-hybridized carbons (Fsp3) is 0.368. The Kier molecular flexibility index (Phi) is 6.60. The van der Waals surface area contributed by atoms with Crippen molar-refractivity contribution in [3.63, 3.8) is 0 Å². The molecule has 0 aliphatic heterocycles. The van der Waals surface area contributed by atoms with E-state index >= 15 is 0 Å². The van der Waals surface area contributed by atoms with Gasteiger partial charge in [0.2, 0.25) is 5.91 Å². The van der Waals surface area contributed by atoms with E-state index < -0.39 is 0 Å². The van der Waals surface area contributed by atoms with E-state index in [0.717, 1.165) is 35.5 Å². The van der Waals surface area contributed by atoms with Crippen LogP contribution in [-0.4, -0.2) is 10.9 Å². The molecule has 1 amide bonds. The largest absolute Gasteiger partial charge is 0.348 e. The third-order valence-electron chi connectivity index (χ3n) is 3.82. The van der Waals surface area contributed by atoms with Crippen LogP contribution in [0.4, 0.5) is 0 Å². The summed E-state index contributed by atoms with van der Waals surface area (Å²) in [5.74, 6) is 0.0770. The molecule has 3 nitrogen and oxygen atoms in total. The van der Waals surface area contributed by atoms with E-state index in [1.165, 1.54) is 5.56 Å². The number of hydrogen-bond acceptors (Lipinski definition) is 2. The van der Waals surface area contributed by atoms with Crippen molar-refractivity contribution in [2.24, 2.45) is 0 Å². The van der Waals surface area contributed by atoms with Crippen LogP contribution in [0, 0.1) is 6.92 Å². The molecule has 2 aromatic rings. The number of pyridine rings is 1. The summed E-state index contributed by atoms with van der Waals surface area (Å²) in [4.78, 5) is 16.5. The summed E-state index contributed by atoms with van der Waals surface area (Å²) >= 11 is 5.87. The molecule has 2 rings (SSSR count). The zero-order valence-electron chi connectivity index (χ0n) is 13.7. The molecule has 1 N–H and O–H groups in total. The average molecular weight is 331 g/mol. The van der Waals surface area contributed by atoms with Gasteiger partial charge >= 0.3 is 0 Å². The zero-order valence-corrected chi connectivity index (χ0v) is 14.4. The second-order valence-electron chi connectivity index (χ2n) is 5.77. The van der Waals surface area contributed by atoms with Gasteiger partial charge in [-0.2, -0.15) is 0 Å². The van der Waals surface area contributed by atoms with Crippen LogP contribution in [-0.2, 0) is 11.2 Å². The first-order chi connectivity index (χ1) is 11.1. The number of carbonyl (C=O) groups excluding carboxylic acids is 1. The highest BCUT2D eigenvalue weighted by atomic mass is 35.5. The minimum absolute atomic E-state index is 0.0152. The second kappa shape index (κ2) is 8.68. The molecule has 1 aromatic carbocycles. The van der Waals surface area contributed by atoms with Gasteiger partial charge in [-0.3, -0.25) is 9.78 Å². The summed E-state index contributed by atoms with van der Waals surface area (Å²) in [6, 6.07) is 11.8. The summed E-state index contributed by atoms with van der Waals surface area (Å²) < 4.78 is 0. The van der Waals surface area contributed by atoms with Crippen molar-refractivity contribution in [3.05, 3.63) is 64.4 Å². The molecule has 0 aliphatic rings. The Morgan fingerprint density at radius 2 is 1.96 bits per heavy atom. The molecule has 0 saturated carbocycles. The van der Waals surface area contributed by atoms with E-state index in [-0.39, 0.29) is 11.9 Å². The Balaban J connectivity index is 1.80. The Bertz CT molecular complexity index is 623. The predicted molar refractivity (Wildman–Crippen MR) is 94.5 cm³/mol. The fourth-order valence-electron chi connectivity index (χ4n) is 2.44. The number of benzene rings is 1. The van der Waals surface area contributed by atoms with Crippen molar-refractivity contribution in [2.45, 2.75) is 45.6 Å². The van der Waals surface area contributed by atoms with Crippen molar-refractivity contribution < 1.29 is 4.79 Å². The van der Waals surface area contributed by atoms with Crippen LogP contribution in [0.3, 0.4) is 0 Å². The number of amides is 1. The van der Waals surface area contributed by atoms with Crippen LogP contribution in [0.5, 0.6) is 0 Å². The van der Waals surface area contributed by atoms with Crippen LogP contribution in [0.2, 0.25) is 5.02 Å². The fourth-order valence-corrected chi connectivity index (χ4v) is 2.57. The number of carbonyl (C=O) groups is 1. The number of nitrogens with one attached hydrogen (secondary N) is 1. The Hall–Kier alpha value is -1.87. The van der Waals surface area contributed by atoms with E-state index in [1.54, 1.807) is 0 Å². The number of aromatic nitrogens is 1. The minimum Gasteiger partial charge on any atom is -0.348 e. The van der Waals surface area contributed by atoms with Gasteiger partial charge in [-0.1, -0.05) is 36.7 Å². The summed E-state index contributed by atoms with van der Waals surface area (Å²) in [6.07, 6.45) is 4.89. The summed E-state index contributed by atoms with van der Waals surface area (Å²) in [5, 5.41) is 3.81. The minimum atomic E-state index is -0.0152. The number of halogens is 1. The SMILES string of the molecule is CCC(NC(=O)CCCc1ccc(Cl)cc1)c1ccc(C)cn1. The molecule has 1 heterocycles. The van der Waals surface area contributed by atoms with E-state index in [4.69, 9.17) is 11.6 Å². The van der Waals surface area contributed by atoms with Gasteiger partial charge in [0.25, 0.3) is 0 Å². The highest BCUT2D eigenvalue weighted by molar-refractivity contribution is 6.30. The first kappa shape index (κ1) is 17.5. The summed E-state index contributed by atoms with van der Waals surface area (Å²) in [6.45, 7) is 4.06. The normalized spacial score (nSPS) is 12.0.